The number of sulfone groups is 1. The molecule has 0 spiro atoms. The molecular formula is C24H24ClNO4S. The average Bonchev–Trinajstić information content (AvgIpc) is 2.73. The average molecular weight is 458 g/mol. The number of ether oxygens (including phenoxy) is 1. The molecule has 0 radical (unpaired) electrons. The molecule has 0 atom stereocenters. The lowest BCUT2D eigenvalue weighted by Crippen LogP contribution is -2.40. The fraction of sp³-hybridized carbons (Fsp3) is 0.208. The van der Waals surface area contributed by atoms with E-state index in [4.69, 9.17) is 16.3 Å². The van der Waals surface area contributed by atoms with Crippen LogP contribution in [0, 0.1) is 0 Å². The van der Waals surface area contributed by atoms with Crippen molar-refractivity contribution in [1.29, 1.82) is 0 Å². The summed E-state index contributed by atoms with van der Waals surface area (Å²) in [5.41, 5.74) is 2.59. The molecule has 0 aliphatic carbocycles. The summed E-state index contributed by atoms with van der Waals surface area (Å²) < 4.78 is 29.1. The van der Waals surface area contributed by atoms with Crippen molar-refractivity contribution in [2.24, 2.45) is 0 Å². The Morgan fingerprint density at radius 3 is 2.16 bits per heavy atom. The zero-order chi connectivity index (χ0) is 22.6. The van der Waals surface area contributed by atoms with Gasteiger partial charge in [-0.15, -0.1) is 0 Å². The van der Waals surface area contributed by atoms with E-state index in [-0.39, 0.29) is 23.5 Å². The quantitative estimate of drug-likeness (QED) is 0.487. The fourth-order valence-corrected chi connectivity index (χ4v) is 4.09. The fourth-order valence-electron chi connectivity index (χ4n) is 3.22. The van der Waals surface area contributed by atoms with Crippen molar-refractivity contribution in [3.8, 4) is 16.9 Å². The Bertz CT molecular complexity index is 1160. The van der Waals surface area contributed by atoms with Crippen LogP contribution in [0.5, 0.6) is 5.75 Å². The number of benzene rings is 3. The van der Waals surface area contributed by atoms with Gasteiger partial charge in [0.1, 0.15) is 5.75 Å². The molecule has 0 bridgehead atoms. The molecule has 5 nitrogen and oxygen atoms in total. The maximum Gasteiger partial charge on any atom is 0.265 e. The molecule has 0 N–H and O–H groups in total. The highest BCUT2D eigenvalue weighted by Crippen LogP contribution is 2.30. The van der Waals surface area contributed by atoms with E-state index in [0.717, 1.165) is 17.4 Å². The number of amides is 1. The normalized spacial score (nSPS) is 11.4. The van der Waals surface area contributed by atoms with Gasteiger partial charge >= 0.3 is 0 Å². The monoisotopic (exact) mass is 457 g/mol. The molecule has 3 aromatic carbocycles. The second-order valence-electron chi connectivity index (χ2n) is 7.42. The minimum atomic E-state index is -3.30. The summed E-state index contributed by atoms with van der Waals surface area (Å²) in [4.78, 5) is 14.7. The van der Waals surface area contributed by atoms with E-state index in [0.29, 0.717) is 16.5 Å². The highest BCUT2D eigenvalue weighted by atomic mass is 35.5. The van der Waals surface area contributed by atoms with Crippen molar-refractivity contribution >= 4 is 33.0 Å². The summed E-state index contributed by atoms with van der Waals surface area (Å²) in [6.07, 6.45) is 1.15. The van der Waals surface area contributed by atoms with Crippen LogP contribution in [0.4, 0.5) is 5.69 Å². The number of carbonyl (C=O) groups excluding carboxylic acids is 1. The molecule has 162 valence electrons. The van der Waals surface area contributed by atoms with Crippen molar-refractivity contribution in [2.75, 3.05) is 17.8 Å². The van der Waals surface area contributed by atoms with E-state index < -0.39 is 9.84 Å². The van der Waals surface area contributed by atoms with Gasteiger partial charge in [-0.2, -0.15) is 0 Å². The lowest BCUT2D eigenvalue weighted by atomic mass is 10.1. The third-order valence-corrected chi connectivity index (χ3v) is 6.14. The number of hydrogen-bond acceptors (Lipinski definition) is 4. The van der Waals surface area contributed by atoms with Gasteiger partial charge in [0.25, 0.3) is 5.91 Å². The molecule has 0 fully saturated rings. The molecule has 1 amide bonds. The minimum absolute atomic E-state index is 0.142. The van der Waals surface area contributed by atoms with E-state index in [1.165, 1.54) is 12.1 Å². The maximum absolute atomic E-state index is 12.9. The molecule has 0 saturated carbocycles. The van der Waals surface area contributed by atoms with Crippen LogP contribution in [0.15, 0.2) is 77.7 Å². The van der Waals surface area contributed by atoms with Gasteiger partial charge in [0.2, 0.25) is 0 Å². The van der Waals surface area contributed by atoms with Crippen LogP contribution >= 0.6 is 11.6 Å². The lowest BCUT2D eigenvalue weighted by Gasteiger charge is -2.27. The number of rotatable bonds is 7. The predicted octanol–water partition coefficient (Wildman–Crippen LogP) is 5.23. The largest absolute Gasteiger partial charge is 0.482 e. The summed E-state index contributed by atoms with van der Waals surface area (Å²) in [6, 6.07) is 21.4. The molecule has 31 heavy (non-hydrogen) atoms. The third-order valence-electron chi connectivity index (χ3n) is 4.72. The number of anilines is 1. The standard InChI is InChI=1S/C24H24ClNO4S/c1-17(2)26(20-10-12-21(13-11-20)31(3,28)29)24(27)16-30-23-14-9-19(15-22(23)25)18-7-5-4-6-8-18/h4-15,17H,16H2,1-3H3. The van der Waals surface area contributed by atoms with E-state index >= 15 is 0 Å². The van der Waals surface area contributed by atoms with Crippen LogP contribution in [-0.2, 0) is 14.6 Å². The molecule has 0 heterocycles. The zero-order valence-electron chi connectivity index (χ0n) is 17.6. The summed E-state index contributed by atoms with van der Waals surface area (Å²) in [6.45, 7) is 3.56. The molecule has 0 aromatic heterocycles. The van der Waals surface area contributed by atoms with Crippen molar-refractivity contribution in [2.45, 2.75) is 24.8 Å². The van der Waals surface area contributed by atoms with E-state index in [1.807, 2.05) is 50.2 Å². The highest BCUT2D eigenvalue weighted by Gasteiger charge is 2.21. The number of halogens is 1. The smallest absolute Gasteiger partial charge is 0.265 e. The summed E-state index contributed by atoms with van der Waals surface area (Å²) in [5, 5.41) is 0.419. The number of hydrogen-bond donors (Lipinski definition) is 0. The van der Waals surface area contributed by atoms with Crippen molar-refractivity contribution < 1.29 is 17.9 Å². The maximum atomic E-state index is 12.9. The predicted molar refractivity (Wildman–Crippen MR) is 125 cm³/mol. The summed E-state index contributed by atoms with van der Waals surface area (Å²) >= 11 is 6.38. The summed E-state index contributed by atoms with van der Waals surface area (Å²) in [5.74, 6) is 0.163. The number of nitrogens with zero attached hydrogens (tertiary/aromatic N) is 1. The van der Waals surface area contributed by atoms with Crippen LogP contribution < -0.4 is 9.64 Å². The van der Waals surface area contributed by atoms with E-state index in [9.17, 15) is 13.2 Å². The molecule has 3 rings (SSSR count). The van der Waals surface area contributed by atoms with Crippen molar-refractivity contribution in [3.05, 3.63) is 77.8 Å². The van der Waals surface area contributed by atoms with Gasteiger partial charge in [0.05, 0.1) is 9.92 Å². The third kappa shape index (κ3) is 5.66. The minimum Gasteiger partial charge on any atom is -0.482 e. The summed E-state index contributed by atoms with van der Waals surface area (Å²) in [7, 11) is -3.30. The Labute approximate surface area is 188 Å². The van der Waals surface area contributed by atoms with Crippen LogP contribution in [0.1, 0.15) is 13.8 Å². The Balaban J connectivity index is 1.73. The van der Waals surface area contributed by atoms with Gasteiger partial charge in [-0.05, 0) is 61.4 Å². The molecular weight excluding hydrogens is 434 g/mol. The van der Waals surface area contributed by atoms with Crippen molar-refractivity contribution in [3.63, 3.8) is 0 Å². The lowest BCUT2D eigenvalue weighted by molar-refractivity contribution is -0.120. The Kier molecular flexibility index (Phi) is 7.03. The molecule has 0 aliphatic rings. The van der Waals surface area contributed by atoms with Gasteiger partial charge in [0, 0.05) is 18.0 Å². The Morgan fingerprint density at radius 1 is 0.968 bits per heavy atom. The van der Waals surface area contributed by atoms with E-state index in [2.05, 4.69) is 0 Å². The van der Waals surface area contributed by atoms with Gasteiger partial charge < -0.3 is 9.64 Å². The first-order chi connectivity index (χ1) is 14.7. The molecule has 3 aromatic rings. The number of carbonyl (C=O) groups is 1. The first-order valence-corrected chi connectivity index (χ1v) is 12.0. The van der Waals surface area contributed by atoms with Crippen molar-refractivity contribution in [1.82, 2.24) is 0 Å². The first-order valence-electron chi connectivity index (χ1n) is 9.77. The van der Waals surface area contributed by atoms with Gasteiger partial charge in [0.15, 0.2) is 16.4 Å². The second-order valence-corrected chi connectivity index (χ2v) is 9.85. The van der Waals surface area contributed by atoms with Crippen LogP contribution in [0.3, 0.4) is 0 Å². The molecule has 0 saturated heterocycles. The topological polar surface area (TPSA) is 63.7 Å². The van der Waals surface area contributed by atoms with Gasteiger partial charge in [-0.1, -0.05) is 48.0 Å². The first kappa shape index (κ1) is 22.8. The zero-order valence-corrected chi connectivity index (χ0v) is 19.2. The van der Waals surface area contributed by atoms with Crippen LogP contribution in [0.2, 0.25) is 5.02 Å². The van der Waals surface area contributed by atoms with Crippen LogP contribution in [-0.4, -0.2) is 33.2 Å². The molecule has 0 unspecified atom stereocenters. The van der Waals surface area contributed by atoms with Gasteiger partial charge in [-0.25, -0.2) is 8.42 Å². The Hall–Kier alpha value is -2.83. The highest BCUT2D eigenvalue weighted by molar-refractivity contribution is 7.90. The second kappa shape index (κ2) is 9.54. The van der Waals surface area contributed by atoms with Gasteiger partial charge in [-0.3, -0.25) is 4.79 Å². The Morgan fingerprint density at radius 2 is 1.61 bits per heavy atom. The van der Waals surface area contributed by atoms with E-state index in [1.54, 1.807) is 29.2 Å². The SMILES string of the molecule is CC(C)N(C(=O)COc1ccc(-c2ccccc2)cc1Cl)c1ccc(S(C)(=O)=O)cc1. The van der Waals surface area contributed by atoms with Crippen LogP contribution in [0.25, 0.3) is 11.1 Å². The molecule has 0 aliphatic heterocycles. The molecule has 7 heteroatoms.